The van der Waals surface area contributed by atoms with Crippen LogP contribution in [-0.4, -0.2) is 60.4 Å². The number of carbonyl (C=O) groups excluding carboxylic acids is 1. The summed E-state index contributed by atoms with van der Waals surface area (Å²) in [5.74, 6) is -0.928. The Hall–Kier alpha value is -1.14. The number of nitrogens with zero attached hydrogens (tertiary/aromatic N) is 1. The highest BCUT2D eigenvalue weighted by Gasteiger charge is 2.32. The van der Waals surface area contributed by atoms with Gasteiger partial charge in [-0.3, -0.25) is 9.59 Å². The zero-order valence-corrected chi connectivity index (χ0v) is 9.63. The van der Waals surface area contributed by atoms with E-state index in [1.807, 2.05) is 0 Å². The smallest absolute Gasteiger partial charge is 0.306 e. The fourth-order valence-electron chi connectivity index (χ4n) is 2.21. The van der Waals surface area contributed by atoms with Gasteiger partial charge in [-0.1, -0.05) is 0 Å². The minimum absolute atomic E-state index is 0.0267. The van der Waals surface area contributed by atoms with Crippen molar-refractivity contribution in [1.29, 1.82) is 0 Å². The molecule has 0 saturated carbocycles. The van der Waals surface area contributed by atoms with Crippen molar-refractivity contribution >= 4 is 11.9 Å². The van der Waals surface area contributed by atoms with Crippen LogP contribution in [0.5, 0.6) is 0 Å². The Kier molecular flexibility index (Phi) is 3.96. The number of morpholine rings is 1. The molecule has 17 heavy (non-hydrogen) atoms. The average Bonchev–Trinajstić information content (AvgIpc) is 2.81. The van der Waals surface area contributed by atoms with Crippen molar-refractivity contribution in [2.45, 2.75) is 31.5 Å². The van der Waals surface area contributed by atoms with E-state index in [4.69, 9.17) is 14.6 Å². The molecule has 0 aromatic carbocycles. The van der Waals surface area contributed by atoms with E-state index in [9.17, 15) is 9.59 Å². The topological polar surface area (TPSA) is 76.1 Å². The summed E-state index contributed by atoms with van der Waals surface area (Å²) in [6, 6.07) is 0. The van der Waals surface area contributed by atoms with Gasteiger partial charge in [-0.25, -0.2) is 0 Å². The minimum Gasteiger partial charge on any atom is -0.481 e. The van der Waals surface area contributed by atoms with E-state index in [0.717, 1.165) is 12.8 Å². The number of hydrogen-bond acceptors (Lipinski definition) is 4. The monoisotopic (exact) mass is 243 g/mol. The summed E-state index contributed by atoms with van der Waals surface area (Å²) in [7, 11) is 0. The molecule has 1 N–H and O–H groups in total. The van der Waals surface area contributed by atoms with Crippen molar-refractivity contribution in [3.8, 4) is 0 Å². The molecule has 0 aromatic rings. The molecule has 2 atom stereocenters. The maximum Gasteiger partial charge on any atom is 0.306 e. The van der Waals surface area contributed by atoms with E-state index < -0.39 is 12.1 Å². The lowest BCUT2D eigenvalue weighted by Crippen LogP contribution is -2.49. The molecule has 2 aliphatic heterocycles. The van der Waals surface area contributed by atoms with Crippen LogP contribution in [0, 0.1) is 0 Å². The second-order valence-corrected chi connectivity index (χ2v) is 4.38. The summed E-state index contributed by atoms with van der Waals surface area (Å²) >= 11 is 0. The molecule has 0 aliphatic carbocycles. The van der Waals surface area contributed by atoms with Gasteiger partial charge >= 0.3 is 5.97 Å². The lowest BCUT2D eigenvalue weighted by Gasteiger charge is -2.33. The van der Waals surface area contributed by atoms with Crippen LogP contribution < -0.4 is 0 Å². The molecule has 0 aromatic heterocycles. The molecule has 2 rings (SSSR count). The van der Waals surface area contributed by atoms with Crippen LogP contribution in [0.15, 0.2) is 0 Å². The van der Waals surface area contributed by atoms with Gasteiger partial charge < -0.3 is 19.5 Å². The minimum atomic E-state index is -0.901. The first-order valence-electron chi connectivity index (χ1n) is 5.90. The predicted molar refractivity (Wildman–Crippen MR) is 57.5 cm³/mol. The second-order valence-electron chi connectivity index (χ2n) is 4.38. The standard InChI is InChI=1S/C11H17NO5/c13-10(14)6-8-7-12(3-5-16-8)11(15)9-2-1-4-17-9/h8-9H,1-7H2,(H,13,14)/t8-,9+/m1/s1. The van der Waals surface area contributed by atoms with Crippen LogP contribution in [0.3, 0.4) is 0 Å². The third-order valence-corrected chi connectivity index (χ3v) is 3.06. The van der Waals surface area contributed by atoms with Crippen molar-refractivity contribution in [3.05, 3.63) is 0 Å². The van der Waals surface area contributed by atoms with Crippen molar-refractivity contribution in [3.63, 3.8) is 0 Å². The van der Waals surface area contributed by atoms with Crippen molar-refractivity contribution < 1.29 is 24.2 Å². The Morgan fingerprint density at radius 3 is 2.76 bits per heavy atom. The number of carboxylic acid groups (broad SMARTS) is 1. The first-order valence-corrected chi connectivity index (χ1v) is 5.90. The Labute approximate surface area is 99.5 Å². The fraction of sp³-hybridized carbons (Fsp3) is 0.818. The van der Waals surface area contributed by atoms with E-state index in [2.05, 4.69) is 0 Å². The first kappa shape index (κ1) is 12.3. The van der Waals surface area contributed by atoms with Gasteiger partial charge in [0.2, 0.25) is 0 Å². The molecule has 0 radical (unpaired) electrons. The molecule has 2 aliphatic rings. The van der Waals surface area contributed by atoms with Crippen molar-refractivity contribution in [2.75, 3.05) is 26.3 Å². The maximum atomic E-state index is 12.0. The van der Waals surface area contributed by atoms with E-state index in [0.29, 0.717) is 26.3 Å². The van der Waals surface area contributed by atoms with Crippen LogP contribution in [0.25, 0.3) is 0 Å². The molecule has 0 spiro atoms. The van der Waals surface area contributed by atoms with Gasteiger partial charge in [-0.2, -0.15) is 0 Å². The highest BCUT2D eigenvalue weighted by molar-refractivity contribution is 5.81. The molecule has 1 amide bonds. The van der Waals surface area contributed by atoms with Crippen LogP contribution in [-0.2, 0) is 19.1 Å². The number of rotatable bonds is 3. The normalized spacial score (nSPS) is 29.3. The third-order valence-electron chi connectivity index (χ3n) is 3.06. The number of ether oxygens (including phenoxy) is 2. The maximum absolute atomic E-state index is 12.0. The van der Waals surface area contributed by atoms with E-state index in [1.54, 1.807) is 4.90 Å². The summed E-state index contributed by atoms with van der Waals surface area (Å²) in [4.78, 5) is 24.3. The Bertz CT molecular complexity index is 300. The summed E-state index contributed by atoms with van der Waals surface area (Å²) in [6.45, 7) is 1.91. The highest BCUT2D eigenvalue weighted by atomic mass is 16.5. The fourth-order valence-corrected chi connectivity index (χ4v) is 2.21. The van der Waals surface area contributed by atoms with Crippen LogP contribution in [0.2, 0.25) is 0 Å². The summed E-state index contributed by atoms with van der Waals surface area (Å²) in [5.41, 5.74) is 0. The molecule has 2 heterocycles. The van der Waals surface area contributed by atoms with Crippen molar-refractivity contribution in [1.82, 2.24) is 4.90 Å². The van der Waals surface area contributed by atoms with Gasteiger partial charge in [-0.15, -0.1) is 0 Å². The first-order chi connectivity index (χ1) is 8.16. The number of amides is 1. The SMILES string of the molecule is O=C(O)C[C@@H]1CN(C(=O)[C@@H]2CCCO2)CCO1. The van der Waals surface area contributed by atoms with Crippen molar-refractivity contribution in [2.24, 2.45) is 0 Å². The molecule has 2 saturated heterocycles. The zero-order chi connectivity index (χ0) is 12.3. The molecule has 96 valence electrons. The molecule has 6 nitrogen and oxygen atoms in total. The lowest BCUT2D eigenvalue weighted by atomic mass is 10.1. The van der Waals surface area contributed by atoms with Gasteiger partial charge in [0.15, 0.2) is 0 Å². The van der Waals surface area contributed by atoms with Gasteiger partial charge in [0.25, 0.3) is 5.91 Å². The second kappa shape index (κ2) is 5.46. The number of carbonyl (C=O) groups is 2. The van der Waals surface area contributed by atoms with E-state index in [-0.39, 0.29) is 18.4 Å². The van der Waals surface area contributed by atoms with Crippen LogP contribution in [0.1, 0.15) is 19.3 Å². The quantitative estimate of drug-likeness (QED) is 0.747. The summed E-state index contributed by atoms with van der Waals surface area (Å²) in [6.07, 6.45) is 0.888. The van der Waals surface area contributed by atoms with Gasteiger partial charge in [-0.05, 0) is 12.8 Å². The van der Waals surface area contributed by atoms with Crippen LogP contribution >= 0.6 is 0 Å². The Morgan fingerprint density at radius 1 is 1.29 bits per heavy atom. The third kappa shape index (κ3) is 3.17. The molecule has 2 fully saturated rings. The van der Waals surface area contributed by atoms with E-state index >= 15 is 0 Å². The molecule has 0 bridgehead atoms. The predicted octanol–water partition coefficient (Wildman–Crippen LogP) is -0.133. The number of aliphatic carboxylic acids is 1. The Morgan fingerprint density at radius 2 is 2.12 bits per heavy atom. The van der Waals surface area contributed by atoms with Gasteiger partial charge in [0, 0.05) is 19.7 Å². The molecule has 6 heteroatoms. The number of carboxylic acids is 1. The number of hydrogen-bond donors (Lipinski definition) is 1. The van der Waals surface area contributed by atoms with Crippen LogP contribution in [0.4, 0.5) is 0 Å². The Balaban J connectivity index is 1.87. The largest absolute Gasteiger partial charge is 0.481 e. The summed E-state index contributed by atoms with van der Waals surface area (Å²) in [5, 5.41) is 8.69. The zero-order valence-electron chi connectivity index (χ0n) is 9.63. The lowest BCUT2D eigenvalue weighted by molar-refractivity contribution is -0.153. The molecule has 0 unspecified atom stereocenters. The molecular weight excluding hydrogens is 226 g/mol. The van der Waals surface area contributed by atoms with Gasteiger partial charge in [0.1, 0.15) is 6.10 Å². The average molecular weight is 243 g/mol. The highest BCUT2D eigenvalue weighted by Crippen LogP contribution is 2.17. The van der Waals surface area contributed by atoms with Gasteiger partial charge in [0.05, 0.1) is 19.1 Å². The summed E-state index contributed by atoms with van der Waals surface area (Å²) < 4.78 is 10.7. The van der Waals surface area contributed by atoms with E-state index in [1.165, 1.54) is 0 Å². The molecular formula is C11H17NO5.